The Bertz CT molecular complexity index is 744. The molecular formula is C17H18ClN3. The molecule has 108 valence electrons. The van der Waals surface area contributed by atoms with Crippen LogP contribution in [0.25, 0.3) is 11.2 Å². The van der Waals surface area contributed by atoms with Crippen LogP contribution in [0.5, 0.6) is 0 Å². The van der Waals surface area contributed by atoms with Crippen LogP contribution in [-0.4, -0.2) is 14.5 Å². The second kappa shape index (κ2) is 5.86. The second-order valence-corrected chi connectivity index (χ2v) is 5.76. The van der Waals surface area contributed by atoms with E-state index in [-0.39, 0.29) is 0 Å². The van der Waals surface area contributed by atoms with E-state index in [4.69, 9.17) is 11.6 Å². The summed E-state index contributed by atoms with van der Waals surface area (Å²) in [5.74, 6) is 1.80. The van der Waals surface area contributed by atoms with Gasteiger partial charge in [-0.25, -0.2) is 9.97 Å². The van der Waals surface area contributed by atoms with E-state index in [1.165, 1.54) is 11.1 Å². The van der Waals surface area contributed by atoms with Gasteiger partial charge in [0.15, 0.2) is 5.65 Å². The summed E-state index contributed by atoms with van der Waals surface area (Å²) in [6, 6.07) is 12.6. The van der Waals surface area contributed by atoms with Crippen molar-refractivity contribution >= 4 is 22.8 Å². The SMILES string of the molecule is CC(C)c1ccc(Cn2c(CCl)nc3cccnc32)cc1. The highest BCUT2D eigenvalue weighted by Gasteiger charge is 2.11. The number of halogens is 1. The Balaban J connectivity index is 1.97. The van der Waals surface area contributed by atoms with E-state index in [2.05, 4.69) is 52.6 Å². The van der Waals surface area contributed by atoms with E-state index in [1.807, 2.05) is 12.1 Å². The minimum atomic E-state index is 0.389. The van der Waals surface area contributed by atoms with Gasteiger partial charge in [0.2, 0.25) is 0 Å². The first kappa shape index (κ1) is 14.1. The molecule has 0 unspecified atom stereocenters. The Labute approximate surface area is 129 Å². The van der Waals surface area contributed by atoms with Gasteiger partial charge in [0.1, 0.15) is 11.3 Å². The minimum absolute atomic E-state index is 0.389. The highest BCUT2D eigenvalue weighted by Crippen LogP contribution is 2.19. The van der Waals surface area contributed by atoms with Crippen LogP contribution >= 0.6 is 11.6 Å². The van der Waals surface area contributed by atoms with Crippen molar-refractivity contribution in [1.29, 1.82) is 0 Å². The maximum atomic E-state index is 6.03. The van der Waals surface area contributed by atoms with Gasteiger partial charge in [-0.05, 0) is 29.2 Å². The number of rotatable bonds is 4. The van der Waals surface area contributed by atoms with Crippen molar-refractivity contribution < 1.29 is 0 Å². The van der Waals surface area contributed by atoms with Crippen LogP contribution in [0, 0.1) is 0 Å². The quantitative estimate of drug-likeness (QED) is 0.671. The number of fused-ring (bicyclic) bond motifs is 1. The Morgan fingerprint density at radius 2 is 1.90 bits per heavy atom. The van der Waals surface area contributed by atoms with Gasteiger partial charge in [0, 0.05) is 6.20 Å². The van der Waals surface area contributed by atoms with Crippen molar-refractivity contribution in [1.82, 2.24) is 14.5 Å². The van der Waals surface area contributed by atoms with E-state index in [0.29, 0.717) is 11.8 Å². The molecule has 0 bridgehead atoms. The largest absolute Gasteiger partial charge is 0.307 e. The van der Waals surface area contributed by atoms with Gasteiger partial charge in [-0.2, -0.15) is 0 Å². The molecule has 4 heteroatoms. The zero-order chi connectivity index (χ0) is 14.8. The fourth-order valence-electron chi connectivity index (χ4n) is 2.46. The average molecular weight is 300 g/mol. The van der Waals surface area contributed by atoms with Crippen molar-refractivity contribution in [3.8, 4) is 0 Å². The summed E-state index contributed by atoms with van der Waals surface area (Å²) in [4.78, 5) is 8.98. The second-order valence-electron chi connectivity index (χ2n) is 5.49. The number of imidazole rings is 1. The third-order valence-electron chi connectivity index (χ3n) is 3.69. The van der Waals surface area contributed by atoms with Gasteiger partial charge in [0.25, 0.3) is 0 Å². The van der Waals surface area contributed by atoms with Gasteiger partial charge in [0.05, 0.1) is 12.4 Å². The normalized spacial score (nSPS) is 11.4. The van der Waals surface area contributed by atoms with E-state index >= 15 is 0 Å². The lowest BCUT2D eigenvalue weighted by atomic mass is 10.0. The zero-order valence-electron chi connectivity index (χ0n) is 12.3. The van der Waals surface area contributed by atoms with Crippen LogP contribution in [0.4, 0.5) is 0 Å². The zero-order valence-corrected chi connectivity index (χ0v) is 13.0. The van der Waals surface area contributed by atoms with Crippen LogP contribution < -0.4 is 0 Å². The van der Waals surface area contributed by atoms with Crippen LogP contribution in [0.15, 0.2) is 42.6 Å². The van der Waals surface area contributed by atoms with E-state index in [9.17, 15) is 0 Å². The number of alkyl halides is 1. The molecule has 0 saturated carbocycles. The Morgan fingerprint density at radius 3 is 2.57 bits per heavy atom. The summed E-state index contributed by atoms with van der Waals surface area (Å²) < 4.78 is 2.09. The molecule has 0 aliphatic heterocycles. The summed E-state index contributed by atoms with van der Waals surface area (Å²) in [5.41, 5.74) is 4.37. The highest BCUT2D eigenvalue weighted by molar-refractivity contribution is 6.16. The molecule has 1 aromatic carbocycles. The lowest BCUT2D eigenvalue weighted by Gasteiger charge is -2.09. The van der Waals surface area contributed by atoms with E-state index < -0.39 is 0 Å². The average Bonchev–Trinajstić information content (AvgIpc) is 2.86. The van der Waals surface area contributed by atoms with Crippen LogP contribution in [0.1, 0.15) is 36.7 Å². The molecule has 3 aromatic rings. The molecule has 0 atom stereocenters. The van der Waals surface area contributed by atoms with Gasteiger partial charge in [-0.1, -0.05) is 38.1 Å². The van der Waals surface area contributed by atoms with Crippen LogP contribution in [0.2, 0.25) is 0 Å². The number of benzene rings is 1. The summed E-state index contributed by atoms with van der Waals surface area (Å²) in [7, 11) is 0. The monoisotopic (exact) mass is 299 g/mol. The van der Waals surface area contributed by atoms with Gasteiger partial charge >= 0.3 is 0 Å². The molecule has 0 amide bonds. The van der Waals surface area contributed by atoms with E-state index in [0.717, 1.165) is 23.5 Å². The van der Waals surface area contributed by atoms with E-state index in [1.54, 1.807) is 6.20 Å². The molecule has 0 fully saturated rings. The fourth-order valence-corrected chi connectivity index (χ4v) is 2.67. The van der Waals surface area contributed by atoms with Crippen molar-refractivity contribution in [3.05, 3.63) is 59.5 Å². The predicted molar refractivity (Wildman–Crippen MR) is 86.7 cm³/mol. The number of hydrogen-bond donors (Lipinski definition) is 0. The molecule has 2 aromatic heterocycles. The summed E-state index contributed by atoms with van der Waals surface area (Å²) in [6.07, 6.45) is 1.79. The van der Waals surface area contributed by atoms with Crippen LogP contribution in [-0.2, 0) is 12.4 Å². The molecule has 0 spiro atoms. The molecule has 0 saturated heterocycles. The highest BCUT2D eigenvalue weighted by atomic mass is 35.5. The standard InChI is InChI=1S/C17H18ClN3/c1-12(2)14-7-5-13(6-8-14)11-21-16(10-18)20-15-4-3-9-19-17(15)21/h3-9,12H,10-11H2,1-2H3. The first-order chi connectivity index (χ1) is 10.2. The van der Waals surface area contributed by atoms with Gasteiger partial charge in [-0.15, -0.1) is 11.6 Å². The Morgan fingerprint density at radius 1 is 1.14 bits per heavy atom. The fraction of sp³-hybridized carbons (Fsp3) is 0.294. The molecular weight excluding hydrogens is 282 g/mol. The topological polar surface area (TPSA) is 30.7 Å². The first-order valence-electron chi connectivity index (χ1n) is 7.14. The molecule has 0 aliphatic carbocycles. The minimum Gasteiger partial charge on any atom is -0.307 e. The maximum absolute atomic E-state index is 6.03. The van der Waals surface area contributed by atoms with Crippen molar-refractivity contribution in [2.75, 3.05) is 0 Å². The summed E-state index contributed by atoms with van der Waals surface area (Å²) in [6.45, 7) is 5.15. The van der Waals surface area contributed by atoms with Crippen molar-refractivity contribution in [2.24, 2.45) is 0 Å². The van der Waals surface area contributed by atoms with Gasteiger partial charge in [-0.3, -0.25) is 0 Å². The summed E-state index contributed by atoms with van der Waals surface area (Å²) >= 11 is 6.03. The smallest absolute Gasteiger partial charge is 0.160 e. The lowest BCUT2D eigenvalue weighted by Crippen LogP contribution is -2.04. The Hall–Kier alpha value is -1.87. The number of hydrogen-bond acceptors (Lipinski definition) is 2. The third-order valence-corrected chi connectivity index (χ3v) is 3.93. The number of aromatic nitrogens is 3. The summed E-state index contributed by atoms with van der Waals surface area (Å²) in [5, 5.41) is 0. The third kappa shape index (κ3) is 2.79. The Kier molecular flexibility index (Phi) is 3.93. The number of nitrogens with zero attached hydrogens (tertiary/aromatic N) is 3. The van der Waals surface area contributed by atoms with Crippen molar-refractivity contribution in [3.63, 3.8) is 0 Å². The molecule has 0 radical (unpaired) electrons. The predicted octanol–water partition coefficient (Wildman–Crippen LogP) is 4.34. The molecule has 3 nitrogen and oxygen atoms in total. The maximum Gasteiger partial charge on any atom is 0.160 e. The first-order valence-corrected chi connectivity index (χ1v) is 7.67. The van der Waals surface area contributed by atoms with Crippen LogP contribution in [0.3, 0.4) is 0 Å². The molecule has 0 aliphatic rings. The molecule has 3 rings (SSSR count). The molecule has 2 heterocycles. The number of pyridine rings is 1. The molecule has 21 heavy (non-hydrogen) atoms. The van der Waals surface area contributed by atoms with Crippen molar-refractivity contribution in [2.45, 2.75) is 32.2 Å². The lowest BCUT2D eigenvalue weighted by molar-refractivity contribution is 0.768. The van der Waals surface area contributed by atoms with Gasteiger partial charge < -0.3 is 4.57 Å². The molecule has 0 N–H and O–H groups in total.